The average molecular weight is 221 g/mol. The Morgan fingerprint density at radius 1 is 1.08 bits per heavy atom. The lowest BCUT2D eigenvalue weighted by Crippen LogP contribution is -2.64. The fourth-order valence-corrected chi connectivity index (χ4v) is 3.99. The van der Waals surface area contributed by atoms with E-state index in [1.807, 2.05) is 0 Å². The van der Waals surface area contributed by atoms with Gasteiger partial charge in [0.1, 0.15) is 5.62 Å². The van der Waals surface area contributed by atoms with Crippen LogP contribution in [0.4, 0.5) is 0 Å². The van der Waals surface area contributed by atoms with Crippen LogP contribution in [-0.2, 0) is 0 Å². The van der Waals surface area contributed by atoms with E-state index in [0.717, 1.165) is 0 Å². The average Bonchev–Trinajstić information content (AvgIpc) is 2.15. The van der Waals surface area contributed by atoms with Gasteiger partial charge in [-0.25, -0.2) is 0 Å². The maximum atomic E-state index is 6.23. The summed E-state index contributed by atoms with van der Waals surface area (Å²) in [5, 5.41) is 0. The zero-order valence-corrected chi connectivity index (χ0v) is 11.0. The molecule has 0 radical (unpaired) electrons. The minimum atomic E-state index is -0.119. The Labute approximate surface area is 89.2 Å². The number of alkyl halides is 1. The number of halogens is 1. The van der Waals surface area contributed by atoms with E-state index in [0.29, 0.717) is 0 Å². The number of rotatable bonds is 6. The van der Waals surface area contributed by atoms with Gasteiger partial charge in [0.2, 0.25) is 0 Å². The molecule has 13 heavy (non-hydrogen) atoms. The van der Waals surface area contributed by atoms with Crippen molar-refractivity contribution in [3.63, 3.8) is 0 Å². The van der Waals surface area contributed by atoms with Crippen LogP contribution in [0.1, 0.15) is 39.5 Å². The molecule has 0 bridgehead atoms. The van der Waals surface area contributed by atoms with E-state index in [4.69, 9.17) is 11.6 Å². The first-order valence-electron chi connectivity index (χ1n) is 5.41. The highest BCUT2D eigenvalue weighted by molar-refractivity contribution is 6.39. The summed E-state index contributed by atoms with van der Waals surface area (Å²) in [6.07, 6.45) is 5.22. The van der Waals surface area contributed by atoms with Crippen molar-refractivity contribution in [3.05, 3.63) is 0 Å². The molecule has 0 aromatic rings. The van der Waals surface area contributed by atoms with Gasteiger partial charge in [-0.3, -0.25) is 9.13 Å². The zero-order valence-electron chi connectivity index (χ0n) is 8.80. The molecule has 0 amide bonds. The van der Waals surface area contributed by atoms with E-state index < -0.39 is 0 Å². The SMILES string of the molecule is CCCCCN1[SiH2]N(CCC)C1Cl. The minimum absolute atomic E-state index is 0.119. The van der Waals surface area contributed by atoms with Gasteiger partial charge in [-0.1, -0.05) is 38.3 Å². The highest BCUT2D eigenvalue weighted by Gasteiger charge is 2.33. The van der Waals surface area contributed by atoms with Crippen molar-refractivity contribution in [1.82, 2.24) is 9.13 Å². The summed E-state index contributed by atoms with van der Waals surface area (Å²) in [7, 11) is -0.119. The lowest BCUT2D eigenvalue weighted by molar-refractivity contribution is 0.161. The van der Waals surface area contributed by atoms with Crippen LogP contribution in [0.15, 0.2) is 0 Å². The van der Waals surface area contributed by atoms with Crippen LogP contribution in [0.5, 0.6) is 0 Å². The Balaban J connectivity index is 2.05. The highest BCUT2D eigenvalue weighted by atomic mass is 35.5. The lowest BCUT2D eigenvalue weighted by Gasteiger charge is -2.47. The Kier molecular flexibility index (Phi) is 5.32. The predicted octanol–water partition coefficient (Wildman–Crippen LogP) is 1.73. The van der Waals surface area contributed by atoms with Crippen molar-refractivity contribution in [2.24, 2.45) is 0 Å². The molecule has 0 aromatic carbocycles. The second-order valence-electron chi connectivity index (χ2n) is 3.78. The van der Waals surface area contributed by atoms with Gasteiger partial charge in [-0.2, -0.15) is 0 Å². The molecule has 2 nitrogen and oxygen atoms in total. The third-order valence-electron chi connectivity index (χ3n) is 2.53. The van der Waals surface area contributed by atoms with E-state index >= 15 is 0 Å². The second-order valence-corrected chi connectivity index (χ2v) is 6.08. The monoisotopic (exact) mass is 220 g/mol. The van der Waals surface area contributed by atoms with Gasteiger partial charge in [-0.15, -0.1) is 0 Å². The summed E-state index contributed by atoms with van der Waals surface area (Å²) in [5.74, 6) is 0. The van der Waals surface area contributed by atoms with Crippen LogP contribution in [0, 0.1) is 0 Å². The van der Waals surface area contributed by atoms with Crippen molar-refractivity contribution in [2.45, 2.75) is 45.2 Å². The molecule has 0 spiro atoms. The molecule has 1 heterocycles. The highest BCUT2D eigenvalue weighted by Crippen LogP contribution is 2.20. The molecule has 0 aliphatic carbocycles. The quantitative estimate of drug-likeness (QED) is 0.291. The molecule has 0 N–H and O–H groups in total. The van der Waals surface area contributed by atoms with Crippen LogP contribution >= 0.6 is 11.6 Å². The van der Waals surface area contributed by atoms with Gasteiger partial charge < -0.3 is 0 Å². The molecule has 1 aliphatic heterocycles. The summed E-state index contributed by atoms with van der Waals surface area (Å²) in [6, 6.07) is 0. The zero-order chi connectivity index (χ0) is 9.68. The van der Waals surface area contributed by atoms with Gasteiger partial charge >= 0.3 is 0 Å². The van der Waals surface area contributed by atoms with Crippen LogP contribution in [0.25, 0.3) is 0 Å². The summed E-state index contributed by atoms with van der Waals surface area (Å²) in [6.45, 7) is 6.89. The smallest absolute Gasteiger partial charge is 0.177 e. The number of nitrogens with zero attached hydrogens (tertiary/aromatic N) is 2. The Bertz CT molecular complexity index is 144. The van der Waals surface area contributed by atoms with Gasteiger partial charge in [0.15, 0.2) is 9.84 Å². The van der Waals surface area contributed by atoms with E-state index in [-0.39, 0.29) is 15.5 Å². The van der Waals surface area contributed by atoms with Crippen molar-refractivity contribution in [3.8, 4) is 0 Å². The summed E-state index contributed by atoms with van der Waals surface area (Å²) < 4.78 is 4.93. The van der Waals surface area contributed by atoms with Gasteiger partial charge in [0, 0.05) is 0 Å². The first-order valence-corrected chi connectivity index (χ1v) is 7.12. The first-order chi connectivity index (χ1) is 6.29. The molecule has 4 heteroatoms. The Hall–Kier alpha value is 0.427. The van der Waals surface area contributed by atoms with Crippen molar-refractivity contribution in [1.29, 1.82) is 0 Å². The third-order valence-corrected chi connectivity index (χ3v) is 5.59. The standard InChI is InChI=1S/C9H21ClN2Si/c1-3-5-6-8-12-9(10)11(13-12)7-4-2/h9H,3-8,13H2,1-2H3. The van der Waals surface area contributed by atoms with E-state index in [1.54, 1.807) is 0 Å². The van der Waals surface area contributed by atoms with Crippen LogP contribution in [-0.4, -0.2) is 37.7 Å². The summed E-state index contributed by atoms with van der Waals surface area (Å²) in [4.78, 5) is 0. The number of hydrogen-bond donors (Lipinski definition) is 0. The molecule has 1 atom stereocenters. The second kappa shape index (κ2) is 6.01. The van der Waals surface area contributed by atoms with E-state index in [1.165, 1.54) is 38.8 Å². The predicted molar refractivity (Wildman–Crippen MR) is 61.4 cm³/mol. The molecule has 0 aromatic heterocycles. The summed E-state index contributed by atoms with van der Waals surface area (Å²) >= 11 is 6.23. The largest absolute Gasteiger partial charge is 0.289 e. The van der Waals surface area contributed by atoms with Gasteiger partial charge in [0.05, 0.1) is 0 Å². The van der Waals surface area contributed by atoms with Gasteiger partial charge in [-0.05, 0) is 25.9 Å². The first kappa shape index (κ1) is 11.5. The van der Waals surface area contributed by atoms with Crippen LogP contribution in [0.3, 0.4) is 0 Å². The molecule has 1 unspecified atom stereocenters. The Morgan fingerprint density at radius 3 is 2.31 bits per heavy atom. The molecular formula is C9H21ClN2Si. The summed E-state index contributed by atoms with van der Waals surface area (Å²) in [5.41, 5.74) is 0.239. The van der Waals surface area contributed by atoms with Crippen molar-refractivity contribution < 1.29 is 0 Å². The Morgan fingerprint density at radius 2 is 1.77 bits per heavy atom. The van der Waals surface area contributed by atoms with Crippen LogP contribution < -0.4 is 0 Å². The molecule has 1 aliphatic rings. The normalized spacial score (nSPS) is 26.5. The lowest BCUT2D eigenvalue weighted by atomic mass is 10.2. The van der Waals surface area contributed by atoms with Gasteiger partial charge in [0.25, 0.3) is 0 Å². The fraction of sp³-hybridized carbons (Fsp3) is 1.00. The number of unbranched alkanes of at least 4 members (excludes halogenated alkanes) is 2. The third kappa shape index (κ3) is 3.24. The molecular weight excluding hydrogens is 200 g/mol. The van der Waals surface area contributed by atoms with Crippen molar-refractivity contribution in [2.75, 3.05) is 13.1 Å². The van der Waals surface area contributed by atoms with Crippen LogP contribution in [0.2, 0.25) is 0 Å². The maximum absolute atomic E-state index is 6.23. The minimum Gasteiger partial charge on any atom is -0.289 e. The molecule has 1 saturated heterocycles. The topological polar surface area (TPSA) is 6.48 Å². The molecule has 78 valence electrons. The van der Waals surface area contributed by atoms with Crippen molar-refractivity contribution >= 4 is 21.4 Å². The van der Waals surface area contributed by atoms with E-state index in [9.17, 15) is 0 Å². The number of hydrogen-bond acceptors (Lipinski definition) is 2. The van der Waals surface area contributed by atoms with E-state index in [2.05, 4.69) is 23.0 Å². The molecule has 1 rings (SSSR count). The fourth-order valence-electron chi connectivity index (χ4n) is 1.71. The molecule has 1 fully saturated rings. The maximum Gasteiger partial charge on any atom is 0.177 e. The molecule has 0 saturated carbocycles.